The molecule has 0 saturated carbocycles. The molecule has 4 heteroatoms. The minimum absolute atomic E-state index is 0.173. The van der Waals surface area contributed by atoms with Gasteiger partial charge in [-0.1, -0.05) is 18.7 Å². The molecule has 0 amide bonds. The van der Waals surface area contributed by atoms with Gasteiger partial charge in [-0.3, -0.25) is 9.78 Å². The van der Waals surface area contributed by atoms with Gasteiger partial charge < -0.3 is 9.47 Å². The maximum atomic E-state index is 12.3. The quantitative estimate of drug-likeness (QED) is 0.597. The number of carbonyl (C=O) groups excluding carboxylic acids is 1. The summed E-state index contributed by atoms with van der Waals surface area (Å²) in [6, 6.07) is 10.3. The second kappa shape index (κ2) is 6.52. The average Bonchev–Trinajstić information content (AvgIpc) is 2.52. The summed E-state index contributed by atoms with van der Waals surface area (Å²) in [5.41, 5.74) is 0.859. The SMILES string of the molecule is C=CCOc1cc(OC)cc(C(=O)c2ccccn2)c1. The van der Waals surface area contributed by atoms with E-state index >= 15 is 0 Å². The van der Waals surface area contributed by atoms with Crippen LogP contribution in [-0.2, 0) is 0 Å². The fraction of sp³-hybridized carbons (Fsp3) is 0.125. The summed E-state index contributed by atoms with van der Waals surface area (Å²) in [4.78, 5) is 16.4. The number of pyridine rings is 1. The highest BCUT2D eigenvalue weighted by Gasteiger charge is 2.13. The molecule has 0 fully saturated rings. The van der Waals surface area contributed by atoms with E-state index in [1.165, 1.54) is 0 Å². The van der Waals surface area contributed by atoms with E-state index in [4.69, 9.17) is 9.47 Å². The number of hydrogen-bond acceptors (Lipinski definition) is 4. The smallest absolute Gasteiger partial charge is 0.211 e. The average molecular weight is 269 g/mol. The minimum Gasteiger partial charge on any atom is -0.497 e. The second-order valence-electron chi connectivity index (χ2n) is 4.04. The third kappa shape index (κ3) is 3.23. The minimum atomic E-state index is -0.173. The molecule has 0 bridgehead atoms. The zero-order valence-corrected chi connectivity index (χ0v) is 11.2. The van der Waals surface area contributed by atoms with Gasteiger partial charge >= 0.3 is 0 Å². The van der Waals surface area contributed by atoms with Crippen molar-refractivity contribution in [2.75, 3.05) is 13.7 Å². The zero-order valence-electron chi connectivity index (χ0n) is 11.2. The Bertz CT molecular complexity index is 608. The molecule has 0 aliphatic carbocycles. The van der Waals surface area contributed by atoms with Crippen LogP contribution in [0.2, 0.25) is 0 Å². The number of ether oxygens (including phenoxy) is 2. The molecule has 0 saturated heterocycles. The van der Waals surface area contributed by atoms with E-state index in [1.54, 1.807) is 55.8 Å². The van der Waals surface area contributed by atoms with Crippen molar-refractivity contribution in [1.82, 2.24) is 4.98 Å². The van der Waals surface area contributed by atoms with Crippen molar-refractivity contribution in [2.45, 2.75) is 0 Å². The Labute approximate surface area is 117 Å². The molecular formula is C16H15NO3. The van der Waals surface area contributed by atoms with Crippen LogP contribution in [0.15, 0.2) is 55.3 Å². The van der Waals surface area contributed by atoms with Gasteiger partial charge in [0.1, 0.15) is 23.8 Å². The topological polar surface area (TPSA) is 48.4 Å². The molecule has 4 nitrogen and oxygen atoms in total. The second-order valence-corrected chi connectivity index (χ2v) is 4.04. The van der Waals surface area contributed by atoms with Crippen molar-refractivity contribution in [3.05, 3.63) is 66.5 Å². The van der Waals surface area contributed by atoms with Gasteiger partial charge in [-0.05, 0) is 24.3 Å². The number of methoxy groups -OCH3 is 1. The van der Waals surface area contributed by atoms with Crippen LogP contribution in [0.3, 0.4) is 0 Å². The first-order valence-electron chi connectivity index (χ1n) is 6.13. The lowest BCUT2D eigenvalue weighted by atomic mass is 10.1. The first-order valence-corrected chi connectivity index (χ1v) is 6.13. The molecule has 0 aliphatic heterocycles. The summed E-state index contributed by atoms with van der Waals surface area (Å²) in [6.45, 7) is 3.96. The molecule has 0 radical (unpaired) electrons. The number of rotatable bonds is 6. The molecule has 0 spiro atoms. The Hall–Kier alpha value is -2.62. The molecule has 1 aromatic carbocycles. The predicted molar refractivity (Wildman–Crippen MR) is 76.4 cm³/mol. The largest absolute Gasteiger partial charge is 0.497 e. The van der Waals surface area contributed by atoms with Gasteiger partial charge in [-0.15, -0.1) is 0 Å². The van der Waals surface area contributed by atoms with E-state index in [2.05, 4.69) is 11.6 Å². The van der Waals surface area contributed by atoms with Crippen LogP contribution >= 0.6 is 0 Å². The van der Waals surface area contributed by atoms with E-state index < -0.39 is 0 Å². The maximum Gasteiger partial charge on any atom is 0.211 e. The number of carbonyl (C=O) groups is 1. The van der Waals surface area contributed by atoms with Crippen molar-refractivity contribution < 1.29 is 14.3 Å². The monoisotopic (exact) mass is 269 g/mol. The van der Waals surface area contributed by atoms with Crippen LogP contribution in [0.5, 0.6) is 11.5 Å². The third-order valence-electron chi connectivity index (χ3n) is 2.64. The summed E-state index contributed by atoms with van der Waals surface area (Å²) in [7, 11) is 1.54. The highest BCUT2D eigenvalue weighted by Crippen LogP contribution is 2.24. The summed E-state index contributed by atoms with van der Waals surface area (Å²) in [5.74, 6) is 0.947. The van der Waals surface area contributed by atoms with Gasteiger partial charge in [0, 0.05) is 17.8 Å². The molecule has 0 unspecified atom stereocenters. The van der Waals surface area contributed by atoms with E-state index in [0.717, 1.165) is 0 Å². The van der Waals surface area contributed by atoms with Gasteiger partial charge in [0.25, 0.3) is 0 Å². The van der Waals surface area contributed by atoms with E-state index in [1.807, 2.05) is 0 Å². The molecule has 2 rings (SSSR count). The summed E-state index contributed by atoms with van der Waals surface area (Å²) in [5, 5.41) is 0. The number of ketones is 1. The molecular weight excluding hydrogens is 254 g/mol. The van der Waals surface area contributed by atoms with E-state index in [0.29, 0.717) is 29.4 Å². The van der Waals surface area contributed by atoms with E-state index in [9.17, 15) is 4.79 Å². The first kappa shape index (κ1) is 13.8. The van der Waals surface area contributed by atoms with Crippen molar-refractivity contribution in [1.29, 1.82) is 0 Å². The molecule has 1 heterocycles. The lowest BCUT2D eigenvalue weighted by molar-refractivity contribution is 0.103. The first-order chi connectivity index (χ1) is 9.74. The lowest BCUT2D eigenvalue weighted by Gasteiger charge is -2.09. The summed E-state index contributed by atoms with van der Waals surface area (Å²) >= 11 is 0. The van der Waals surface area contributed by atoms with Gasteiger partial charge in [0.2, 0.25) is 5.78 Å². The van der Waals surface area contributed by atoms with Crippen molar-refractivity contribution in [2.24, 2.45) is 0 Å². The molecule has 0 aliphatic rings. The number of benzene rings is 1. The van der Waals surface area contributed by atoms with Gasteiger partial charge in [0.05, 0.1) is 7.11 Å². The molecule has 1 aromatic heterocycles. The van der Waals surface area contributed by atoms with Gasteiger partial charge in [0.15, 0.2) is 0 Å². The van der Waals surface area contributed by atoms with Gasteiger partial charge in [-0.25, -0.2) is 0 Å². The lowest BCUT2D eigenvalue weighted by Crippen LogP contribution is -2.05. The Kier molecular flexibility index (Phi) is 4.50. The number of aromatic nitrogens is 1. The fourth-order valence-electron chi connectivity index (χ4n) is 1.70. The maximum absolute atomic E-state index is 12.3. The van der Waals surface area contributed by atoms with E-state index in [-0.39, 0.29) is 5.78 Å². The fourth-order valence-corrected chi connectivity index (χ4v) is 1.70. The molecule has 2 aromatic rings. The van der Waals surface area contributed by atoms with Crippen molar-refractivity contribution >= 4 is 5.78 Å². The molecule has 20 heavy (non-hydrogen) atoms. The predicted octanol–water partition coefficient (Wildman–Crippen LogP) is 2.89. The summed E-state index contributed by atoms with van der Waals surface area (Å²) in [6.07, 6.45) is 3.22. The Morgan fingerprint density at radius 2 is 2.10 bits per heavy atom. The van der Waals surface area contributed by atoms with Crippen molar-refractivity contribution in [3.63, 3.8) is 0 Å². The zero-order chi connectivity index (χ0) is 14.4. The Morgan fingerprint density at radius 1 is 1.30 bits per heavy atom. The molecule has 102 valence electrons. The van der Waals surface area contributed by atoms with Crippen molar-refractivity contribution in [3.8, 4) is 11.5 Å². The van der Waals surface area contributed by atoms with Crippen LogP contribution < -0.4 is 9.47 Å². The summed E-state index contributed by atoms with van der Waals surface area (Å²) < 4.78 is 10.6. The Morgan fingerprint density at radius 3 is 2.75 bits per heavy atom. The van der Waals surface area contributed by atoms with Crippen LogP contribution in [-0.4, -0.2) is 24.5 Å². The normalized spacial score (nSPS) is 9.85. The highest BCUT2D eigenvalue weighted by atomic mass is 16.5. The van der Waals surface area contributed by atoms with Crippen LogP contribution in [0.25, 0.3) is 0 Å². The van der Waals surface area contributed by atoms with Crippen LogP contribution in [0, 0.1) is 0 Å². The molecule has 0 N–H and O–H groups in total. The standard InChI is InChI=1S/C16H15NO3/c1-3-8-20-14-10-12(9-13(11-14)19-2)16(18)15-6-4-5-7-17-15/h3-7,9-11H,1,8H2,2H3. The van der Waals surface area contributed by atoms with Crippen LogP contribution in [0.4, 0.5) is 0 Å². The van der Waals surface area contributed by atoms with Gasteiger partial charge in [-0.2, -0.15) is 0 Å². The Balaban J connectivity index is 2.35. The molecule has 0 atom stereocenters. The number of nitrogens with zero attached hydrogens (tertiary/aromatic N) is 1. The van der Waals surface area contributed by atoms with Crippen LogP contribution in [0.1, 0.15) is 16.1 Å². The third-order valence-corrected chi connectivity index (χ3v) is 2.64. The highest BCUT2D eigenvalue weighted by molar-refractivity contribution is 6.08. The number of hydrogen-bond donors (Lipinski definition) is 0.